The summed E-state index contributed by atoms with van der Waals surface area (Å²) in [4.78, 5) is 12.3. The van der Waals surface area contributed by atoms with Crippen LogP contribution in [0.5, 0.6) is 5.75 Å². The summed E-state index contributed by atoms with van der Waals surface area (Å²) >= 11 is 0. The monoisotopic (exact) mass is 326 g/mol. The molecule has 0 radical (unpaired) electrons. The topological polar surface area (TPSA) is 35.5 Å². The van der Waals surface area contributed by atoms with Crippen molar-refractivity contribution in [3.63, 3.8) is 0 Å². The van der Waals surface area contributed by atoms with Crippen LogP contribution in [0.4, 0.5) is 0 Å². The van der Waals surface area contributed by atoms with E-state index in [0.29, 0.717) is 5.75 Å². The second-order valence-corrected chi connectivity index (χ2v) is 7.51. The molecule has 0 aliphatic carbocycles. The minimum atomic E-state index is -1.06. The van der Waals surface area contributed by atoms with Gasteiger partial charge in [0.2, 0.25) is 0 Å². The summed E-state index contributed by atoms with van der Waals surface area (Å²) in [5.41, 5.74) is 1.78. The zero-order valence-corrected chi connectivity index (χ0v) is 15.3. The SMILES string of the molecule is Cc1ccc(-c2cccc(OC(C)(C)C(=O)OC(C)(C)C)c2)cc1. The van der Waals surface area contributed by atoms with E-state index in [0.717, 1.165) is 11.1 Å². The zero-order chi connectivity index (χ0) is 18.0. The molecular weight excluding hydrogens is 300 g/mol. The van der Waals surface area contributed by atoms with Crippen molar-refractivity contribution in [2.24, 2.45) is 0 Å². The second kappa shape index (κ2) is 6.68. The van der Waals surface area contributed by atoms with E-state index < -0.39 is 11.2 Å². The highest BCUT2D eigenvalue weighted by Crippen LogP contribution is 2.27. The van der Waals surface area contributed by atoms with Gasteiger partial charge < -0.3 is 9.47 Å². The maximum absolute atomic E-state index is 12.3. The third-order valence-corrected chi connectivity index (χ3v) is 3.48. The van der Waals surface area contributed by atoms with E-state index in [4.69, 9.17) is 9.47 Å². The minimum Gasteiger partial charge on any atom is -0.476 e. The highest BCUT2D eigenvalue weighted by atomic mass is 16.6. The van der Waals surface area contributed by atoms with Gasteiger partial charge in [-0.15, -0.1) is 0 Å². The summed E-state index contributed by atoms with van der Waals surface area (Å²) in [6.07, 6.45) is 0. The number of rotatable bonds is 4. The van der Waals surface area contributed by atoms with Crippen LogP contribution >= 0.6 is 0 Å². The van der Waals surface area contributed by atoms with Crippen molar-refractivity contribution in [3.8, 4) is 16.9 Å². The van der Waals surface area contributed by atoms with Crippen molar-refractivity contribution in [2.45, 2.75) is 52.7 Å². The molecule has 3 heteroatoms. The molecule has 0 N–H and O–H groups in total. The highest BCUT2D eigenvalue weighted by Gasteiger charge is 2.34. The molecular formula is C21H26O3. The molecule has 0 amide bonds. The lowest BCUT2D eigenvalue weighted by Crippen LogP contribution is -2.43. The largest absolute Gasteiger partial charge is 0.476 e. The van der Waals surface area contributed by atoms with Gasteiger partial charge in [-0.25, -0.2) is 4.79 Å². The summed E-state index contributed by atoms with van der Waals surface area (Å²) in [6.45, 7) is 11.0. The first-order valence-electron chi connectivity index (χ1n) is 8.16. The van der Waals surface area contributed by atoms with Crippen molar-refractivity contribution in [3.05, 3.63) is 54.1 Å². The van der Waals surface area contributed by atoms with Crippen molar-refractivity contribution in [1.82, 2.24) is 0 Å². The molecule has 0 aliphatic rings. The van der Waals surface area contributed by atoms with Crippen LogP contribution in [-0.4, -0.2) is 17.2 Å². The quantitative estimate of drug-likeness (QED) is 0.728. The fourth-order valence-electron chi connectivity index (χ4n) is 2.22. The van der Waals surface area contributed by atoms with Gasteiger partial charge in [0, 0.05) is 0 Å². The van der Waals surface area contributed by atoms with Crippen LogP contribution in [0.15, 0.2) is 48.5 Å². The summed E-state index contributed by atoms with van der Waals surface area (Å²) in [7, 11) is 0. The molecule has 2 aromatic rings. The van der Waals surface area contributed by atoms with Gasteiger partial charge in [-0.05, 0) is 64.8 Å². The lowest BCUT2D eigenvalue weighted by atomic mass is 10.0. The fourth-order valence-corrected chi connectivity index (χ4v) is 2.22. The normalized spacial score (nSPS) is 11.9. The molecule has 24 heavy (non-hydrogen) atoms. The van der Waals surface area contributed by atoms with Gasteiger partial charge in [-0.3, -0.25) is 0 Å². The maximum Gasteiger partial charge on any atom is 0.350 e. The molecule has 0 atom stereocenters. The number of carbonyl (C=O) groups is 1. The van der Waals surface area contributed by atoms with Gasteiger partial charge in [-0.1, -0.05) is 42.0 Å². The summed E-state index contributed by atoms with van der Waals surface area (Å²) in [6, 6.07) is 16.1. The van der Waals surface area contributed by atoms with Crippen LogP contribution in [0.3, 0.4) is 0 Å². The number of benzene rings is 2. The predicted octanol–water partition coefficient (Wildman–Crippen LogP) is 5.16. The number of hydrogen-bond acceptors (Lipinski definition) is 3. The Labute approximate surface area is 144 Å². The number of esters is 1. The molecule has 0 heterocycles. The van der Waals surface area contributed by atoms with Crippen molar-refractivity contribution >= 4 is 5.97 Å². The van der Waals surface area contributed by atoms with Gasteiger partial charge in [0.15, 0.2) is 5.60 Å². The van der Waals surface area contributed by atoms with E-state index >= 15 is 0 Å². The molecule has 0 saturated heterocycles. The van der Waals surface area contributed by atoms with Crippen LogP contribution in [0.2, 0.25) is 0 Å². The Kier molecular flexibility index (Phi) is 5.02. The van der Waals surface area contributed by atoms with Crippen molar-refractivity contribution < 1.29 is 14.3 Å². The van der Waals surface area contributed by atoms with E-state index in [2.05, 4.69) is 31.2 Å². The average Bonchev–Trinajstić information content (AvgIpc) is 2.46. The Bertz CT molecular complexity index is 707. The first-order chi connectivity index (χ1) is 11.1. The number of aryl methyl sites for hydroxylation is 1. The van der Waals surface area contributed by atoms with E-state index in [1.165, 1.54) is 5.56 Å². The van der Waals surface area contributed by atoms with Crippen molar-refractivity contribution in [1.29, 1.82) is 0 Å². The summed E-state index contributed by atoms with van der Waals surface area (Å²) in [5.74, 6) is 0.264. The molecule has 0 bridgehead atoms. The van der Waals surface area contributed by atoms with Gasteiger partial charge in [0.1, 0.15) is 11.4 Å². The van der Waals surface area contributed by atoms with Crippen molar-refractivity contribution in [2.75, 3.05) is 0 Å². The zero-order valence-electron chi connectivity index (χ0n) is 15.3. The summed E-state index contributed by atoms with van der Waals surface area (Å²) in [5, 5.41) is 0. The first kappa shape index (κ1) is 18.1. The summed E-state index contributed by atoms with van der Waals surface area (Å²) < 4.78 is 11.4. The second-order valence-electron chi connectivity index (χ2n) is 7.51. The smallest absolute Gasteiger partial charge is 0.350 e. The van der Waals surface area contributed by atoms with Crippen LogP contribution in [0.1, 0.15) is 40.2 Å². The number of carbonyl (C=O) groups excluding carboxylic acids is 1. The molecule has 3 nitrogen and oxygen atoms in total. The Morgan fingerprint density at radius 3 is 2.08 bits per heavy atom. The first-order valence-corrected chi connectivity index (χ1v) is 8.16. The highest BCUT2D eigenvalue weighted by molar-refractivity contribution is 5.79. The Hall–Kier alpha value is -2.29. The van der Waals surface area contributed by atoms with E-state index in [1.807, 2.05) is 45.0 Å². The molecule has 0 saturated carbocycles. The van der Waals surface area contributed by atoms with Gasteiger partial charge in [0.25, 0.3) is 0 Å². The Morgan fingerprint density at radius 1 is 0.875 bits per heavy atom. The molecule has 0 fully saturated rings. The molecule has 0 unspecified atom stereocenters. The molecule has 0 aromatic heterocycles. The van der Waals surface area contributed by atoms with E-state index in [9.17, 15) is 4.79 Å². The standard InChI is InChI=1S/C21H26O3/c1-15-10-12-16(13-11-15)17-8-7-9-18(14-17)23-21(5,6)19(22)24-20(2,3)4/h7-14H,1-6H3. The minimum absolute atomic E-state index is 0.379. The third-order valence-electron chi connectivity index (χ3n) is 3.48. The van der Waals surface area contributed by atoms with Gasteiger partial charge in [0.05, 0.1) is 0 Å². The molecule has 2 aromatic carbocycles. The Morgan fingerprint density at radius 2 is 1.50 bits per heavy atom. The molecule has 0 spiro atoms. The van der Waals surface area contributed by atoms with E-state index in [-0.39, 0.29) is 5.97 Å². The lowest BCUT2D eigenvalue weighted by molar-refractivity contribution is -0.170. The van der Waals surface area contributed by atoms with E-state index in [1.54, 1.807) is 13.8 Å². The van der Waals surface area contributed by atoms with Gasteiger partial charge >= 0.3 is 5.97 Å². The third kappa shape index (κ3) is 4.85. The van der Waals surface area contributed by atoms with Crippen LogP contribution in [-0.2, 0) is 9.53 Å². The molecule has 2 rings (SSSR count). The predicted molar refractivity (Wildman–Crippen MR) is 97.2 cm³/mol. The number of ether oxygens (including phenoxy) is 2. The maximum atomic E-state index is 12.3. The van der Waals surface area contributed by atoms with Crippen LogP contribution < -0.4 is 4.74 Å². The van der Waals surface area contributed by atoms with Gasteiger partial charge in [-0.2, -0.15) is 0 Å². The van der Waals surface area contributed by atoms with Crippen LogP contribution in [0, 0.1) is 6.92 Å². The lowest BCUT2D eigenvalue weighted by Gasteiger charge is -2.29. The Balaban J connectivity index is 2.19. The number of hydrogen-bond donors (Lipinski definition) is 0. The fraction of sp³-hybridized carbons (Fsp3) is 0.381. The van der Waals surface area contributed by atoms with Crippen LogP contribution in [0.25, 0.3) is 11.1 Å². The average molecular weight is 326 g/mol. The molecule has 0 aliphatic heterocycles. The molecule has 128 valence electrons.